The second-order valence-electron chi connectivity index (χ2n) is 7.59. The van der Waals surface area contributed by atoms with Crippen LogP contribution in [0.3, 0.4) is 0 Å². The van der Waals surface area contributed by atoms with E-state index in [2.05, 4.69) is 35.3 Å². The molecule has 0 saturated carbocycles. The van der Waals surface area contributed by atoms with Gasteiger partial charge in [-0.25, -0.2) is 0 Å². The lowest BCUT2D eigenvalue weighted by atomic mass is 9.84. The number of likely N-dealkylation sites (N-methyl/N-ethyl adjacent to an activating group) is 1. The molecule has 0 bridgehead atoms. The molecule has 5 heteroatoms. The smallest absolute Gasteiger partial charge is 0.264 e. The van der Waals surface area contributed by atoms with Crippen molar-refractivity contribution in [1.82, 2.24) is 5.32 Å². The van der Waals surface area contributed by atoms with Crippen molar-refractivity contribution in [3.05, 3.63) is 23.8 Å². The molecule has 1 aliphatic carbocycles. The molecule has 1 atom stereocenters. The number of benzene rings is 1. The number of amides is 1. The van der Waals surface area contributed by atoms with Crippen molar-refractivity contribution in [3.8, 4) is 5.75 Å². The van der Waals surface area contributed by atoms with Gasteiger partial charge in [0, 0.05) is 50.5 Å². The van der Waals surface area contributed by atoms with Crippen LogP contribution in [0.5, 0.6) is 5.75 Å². The van der Waals surface area contributed by atoms with Crippen LogP contribution < -0.4 is 19.9 Å². The van der Waals surface area contributed by atoms with E-state index in [1.807, 2.05) is 7.05 Å². The normalized spacial score (nSPS) is 23.4. The fourth-order valence-electron chi connectivity index (χ4n) is 4.23. The summed E-state index contributed by atoms with van der Waals surface area (Å²) >= 11 is 0. The fraction of sp³-hybridized carbons (Fsp3) is 0.571. The molecule has 1 aromatic carbocycles. The molecule has 1 amide bonds. The van der Waals surface area contributed by atoms with Gasteiger partial charge in [-0.1, -0.05) is 19.4 Å². The first-order valence-corrected chi connectivity index (χ1v) is 9.90. The van der Waals surface area contributed by atoms with Crippen LogP contribution in [-0.4, -0.2) is 45.7 Å². The molecule has 5 nitrogen and oxygen atoms in total. The van der Waals surface area contributed by atoms with Crippen molar-refractivity contribution in [3.63, 3.8) is 0 Å². The van der Waals surface area contributed by atoms with Gasteiger partial charge in [-0.15, -0.1) is 0 Å². The van der Waals surface area contributed by atoms with Gasteiger partial charge in [0.2, 0.25) is 0 Å². The van der Waals surface area contributed by atoms with Gasteiger partial charge in [0.15, 0.2) is 6.61 Å². The second kappa shape index (κ2) is 7.31. The Kier molecular flexibility index (Phi) is 4.90. The Morgan fingerprint density at radius 2 is 2.04 bits per heavy atom. The van der Waals surface area contributed by atoms with Crippen LogP contribution in [0.15, 0.2) is 18.2 Å². The Morgan fingerprint density at radius 1 is 1.23 bits per heavy atom. The predicted octanol–water partition coefficient (Wildman–Crippen LogP) is 3.04. The van der Waals surface area contributed by atoms with Gasteiger partial charge in [0.05, 0.1) is 5.69 Å². The minimum absolute atomic E-state index is 0.0158. The largest absolute Gasteiger partial charge is 0.481 e. The molecule has 0 spiro atoms. The summed E-state index contributed by atoms with van der Waals surface area (Å²) in [4.78, 5) is 16.3. The highest BCUT2D eigenvalue weighted by molar-refractivity contribution is 5.99. The Bertz CT molecular complexity index is 722. The van der Waals surface area contributed by atoms with Crippen molar-refractivity contribution >= 4 is 22.9 Å². The number of carbonyl (C=O) groups excluding carboxylic acids is 1. The molecule has 140 valence electrons. The van der Waals surface area contributed by atoms with Crippen LogP contribution >= 0.6 is 0 Å². The van der Waals surface area contributed by atoms with Gasteiger partial charge < -0.3 is 19.9 Å². The summed E-state index contributed by atoms with van der Waals surface area (Å²) in [6.07, 6.45) is 7.22. The molecule has 0 aromatic heterocycles. The standard InChI is InChI=1S/C21H29N3O2/c1-3-15-4-6-16(7-5-15)17-12-19-20(26-14-21(25)23(19)2)13-18(17)24-10-8-22-9-11-24/h6,12-13,15,22H,3-5,7-11,14H2,1-2H3. The second-order valence-corrected chi connectivity index (χ2v) is 7.59. The van der Waals surface area contributed by atoms with E-state index >= 15 is 0 Å². The monoisotopic (exact) mass is 355 g/mol. The Hall–Kier alpha value is -2.01. The third kappa shape index (κ3) is 3.20. The molecule has 4 rings (SSSR count). The predicted molar refractivity (Wildman–Crippen MR) is 106 cm³/mol. The maximum Gasteiger partial charge on any atom is 0.264 e. The van der Waals surface area contributed by atoms with Crippen molar-refractivity contribution in [2.24, 2.45) is 5.92 Å². The van der Waals surface area contributed by atoms with E-state index in [9.17, 15) is 4.79 Å². The highest BCUT2D eigenvalue weighted by atomic mass is 16.5. The average molecular weight is 355 g/mol. The van der Waals surface area contributed by atoms with E-state index in [1.165, 1.54) is 29.7 Å². The zero-order chi connectivity index (χ0) is 18.1. The van der Waals surface area contributed by atoms with E-state index < -0.39 is 0 Å². The van der Waals surface area contributed by atoms with Crippen molar-refractivity contribution in [2.45, 2.75) is 32.6 Å². The summed E-state index contributed by atoms with van der Waals surface area (Å²) in [6.45, 7) is 6.44. The SMILES string of the molecule is CCC1CC=C(c2cc3c(cc2N2CCNCC2)OCC(=O)N3C)CC1. The summed E-state index contributed by atoms with van der Waals surface area (Å²) in [7, 11) is 1.85. The molecule has 1 fully saturated rings. The van der Waals surface area contributed by atoms with Crippen LogP contribution in [-0.2, 0) is 4.79 Å². The van der Waals surface area contributed by atoms with Gasteiger partial charge in [0.1, 0.15) is 5.75 Å². The summed E-state index contributed by atoms with van der Waals surface area (Å²) in [6, 6.07) is 4.34. The number of carbonyl (C=O) groups is 1. The van der Waals surface area contributed by atoms with Crippen LogP contribution in [0.25, 0.3) is 5.57 Å². The van der Waals surface area contributed by atoms with E-state index in [0.717, 1.165) is 56.4 Å². The first kappa shape index (κ1) is 17.4. The number of anilines is 2. The third-order valence-electron chi connectivity index (χ3n) is 6.06. The van der Waals surface area contributed by atoms with Gasteiger partial charge in [-0.05, 0) is 36.8 Å². The number of nitrogens with zero attached hydrogens (tertiary/aromatic N) is 2. The quantitative estimate of drug-likeness (QED) is 0.905. The fourth-order valence-corrected chi connectivity index (χ4v) is 4.23. The molecule has 3 aliphatic rings. The number of nitrogens with one attached hydrogen (secondary N) is 1. The molecule has 1 unspecified atom stereocenters. The molecule has 0 radical (unpaired) electrons. The van der Waals surface area contributed by atoms with Crippen LogP contribution in [0, 0.1) is 5.92 Å². The molecule has 2 heterocycles. The number of rotatable bonds is 3. The van der Waals surface area contributed by atoms with Gasteiger partial charge in [-0.3, -0.25) is 4.79 Å². The number of fused-ring (bicyclic) bond motifs is 1. The summed E-state index contributed by atoms with van der Waals surface area (Å²) in [5, 5.41) is 3.43. The maximum absolute atomic E-state index is 12.1. The third-order valence-corrected chi connectivity index (χ3v) is 6.06. The van der Waals surface area contributed by atoms with Gasteiger partial charge in [0.25, 0.3) is 5.91 Å². The lowest BCUT2D eigenvalue weighted by Crippen LogP contribution is -2.44. The zero-order valence-electron chi connectivity index (χ0n) is 15.9. The number of hydrogen-bond acceptors (Lipinski definition) is 4. The van der Waals surface area contributed by atoms with Crippen molar-refractivity contribution in [1.29, 1.82) is 0 Å². The van der Waals surface area contributed by atoms with Crippen molar-refractivity contribution in [2.75, 3.05) is 49.6 Å². The minimum atomic E-state index is 0.0158. The number of allylic oxidation sites excluding steroid dienone is 2. The Balaban J connectivity index is 1.76. The molecule has 1 saturated heterocycles. The van der Waals surface area contributed by atoms with Crippen molar-refractivity contribution < 1.29 is 9.53 Å². The first-order chi connectivity index (χ1) is 12.7. The molecule has 1 N–H and O–H groups in total. The summed E-state index contributed by atoms with van der Waals surface area (Å²) < 4.78 is 5.76. The molecular formula is C21H29N3O2. The summed E-state index contributed by atoms with van der Waals surface area (Å²) in [5.74, 6) is 1.65. The average Bonchev–Trinajstić information content (AvgIpc) is 2.71. The maximum atomic E-state index is 12.1. The van der Waals surface area contributed by atoms with E-state index in [1.54, 1.807) is 4.90 Å². The van der Waals surface area contributed by atoms with Gasteiger partial charge in [-0.2, -0.15) is 0 Å². The van der Waals surface area contributed by atoms with Gasteiger partial charge >= 0.3 is 0 Å². The molecule has 2 aliphatic heterocycles. The molecule has 26 heavy (non-hydrogen) atoms. The Morgan fingerprint density at radius 3 is 2.73 bits per heavy atom. The van der Waals surface area contributed by atoms with Crippen LogP contribution in [0.2, 0.25) is 0 Å². The van der Waals surface area contributed by atoms with E-state index in [-0.39, 0.29) is 12.5 Å². The van der Waals surface area contributed by atoms with Crippen LogP contribution in [0.4, 0.5) is 11.4 Å². The molecule has 1 aromatic rings. The Labute approximate surface area is 156 Å². The molecular weight excluding hydrogens is 326 g/mol. The minimum Gasteiger partial charge on any atom is -0.481 e. The number of ether oxygens (including phenoxy) is 1. The van der Waals surface area contributed by atoms with Crippen LogP contribution in [0.1, 0.15) is 38.2 Å². The number of piperazine rings is 1. The van der Waals surface area contributed by atoms with E-state index in [0.29, 0.717) is 0 Å². The van der Waals surface area contributed by atoms with E-state index in [4.69, 9.17) is 4.74 Å². The zero-order valence-corrected chi connectivity index (χ0v) is 15.9. The number of hydrogen-bond donors (Lipinski definition) is 1. The first-order valence-electron chi connectivity index (χ1n) is 9.90. The topological polar surface area (TPSA) is 44.8 Å². The lowest BCUT2D eigenvalue weighted by Gasteiger charge is -2.35. The highest BCUT2D eigenvalue weighted by Gasteiger charge is 2.27. The summed E-state index contributed by atoms with van der Waals surface area (Å²) in [5.41, 5.74) is 4.87. The lowest BCUT2D eigenvalue weighted by molar-refractivity contribution is -0.120. The highest BCUT2D eigenvalue weighted by Crippen LogP contribution is 2.43.